The van der Waals surface area contributed by atoms with E-state index in [0.717, 1.165) is 0 Å². The zero-order valence-corrected chi connectivity index (χ0v) is 21.5. The fourth-order valence-corrected chi connectivity index (χ4v) is 6.58. The van der Waals surface area contributed by atoms with Crippen molar-refractivity contribution < 1.29 is 51.5 Å². The van der Waals surface area contributed by atoms with Gasteiger partial charge >= 0.3 is 122 Å². The predicted octanol–water partition coefficient (Wildman–Crippen LogP) is 3.37. The van der Waals surface area contributed by atoms with E-state index in [0.29, 0.717) is 0 Å². The van der Waals surface area contributed by atoms with E-state index in [1.807, 2.05) is 0 Å². The number of hydrogen-bond donors (Lipinski definition) is 0. The van der Waals surface area contributed by atoms with Crippen molar-refractivity contribution in [3.8, 4) is 0 Å². The zero-order chi connectivity index (χ0) is 12.9. The summed E-state index contributed by atoms with van der Waals surface area (Å²) in [6.07, 6.45) is 2.95. The van der Waals surface area contributed by atoms with E-state index in [-0.39, 0.29) is 51.5 Å². The molecule has 0 spiro atoms. The molecule has 4 heteroatoms. The van der Waals surface area contributed by atoms with Crippen LogP contribution in [0.3, 0.4) is 0 Å². The van der Waals surface area contributed by atoms with E-state index < -0.39 is 0 Å². The zero-order valence-electron chi connectivity index (χ0n) is 13.4. The normalized spacial score (nSPS) is 10.6. The van der Waals surface area contributed by atoms with Gasteiger partial charge in [-0.1, -0.05) is 0 Å². The van der Waals surface area contributed by atoms with Gasteiger partial charge in [0, 0.05) is 27.3 Å². The quantitative estimate of drug-likeness (QED) is 0.331. The van der Waals surface area contributed by atoms with Crippen molar-refractivity contribution in [2.24, 2.45) is 0 Å². The van der Waals surface area contributed by atoms with Crippen LogP contribution in [0.4, 0.5) is 0 Å². The molecule has 0 saturated carbocycles. The van der Waals surface area contributed by atoms with Gasteiger partial charge in [0.1, 0.15) is 0 Å². The van der Waals surface area contributed by atoms with E-state index in [9.17, 15) is 0 Å². The van der Waals surface area contributed by atoms with Crippen molar-refractivity contribution in [3.05, 3.63) is 0 Å². The van der Waals surface area contributed by atoms with Gasteiger partial charge < -0.3 is 0 Å². The standard InChI is InChI=1S/2C7H16N.2Cd/c2*1-4-7-8(5-2)6-3;;/h2*1,4-7H2,2-3H3;;. The predicted molar refractivity (Wildman–Crippen MR) is 74.4 cm³/mol. The third-order valence-corrected chi connectivity index (χ3v) is 9.45. The van der Waals surface area contributed by atoms with Gasteiger partial charge in [-0.3, -0.25) is 0 Å². The molecule has 0 aliphatic rings. The molecule has 0 radical (unpaired) electrons. The van der Waals surface area contributed by atoms with E-state index in [1.54, 1.807) is 7.96 Å². The summed E-state index contributed by atoms with van der Waals surface area (Å²) < 4.78 is 3.24. The first kappa shape index (κ1) is 22.1. The third-order valence-electron chi connectivity index (χ3n) is 3.74. The fraction of sp³-hybridized carbons (Fsp3) is 1.00. The molecule has 2 nitrogen and oxygen atoms in total. The Bertz CT molecular complexity index is 133. The maximum absolute atomic E-state index is 2.56. The van der Waals surface area contributed by atoms with Crippen molar-refractivity contribution in [3.63, 3.8) is 0 Å². The van der Waals surface area contributed by atoms with Crippen LogP contribution in [0.2, 0.25) is 7.96 Å². The smallest absolute Gasteiger partial charge is 0 e. The molecular formula is C14H32Cd2N2. The third kappa shape index (κ3) is 12.8. The summed E-state index contributed by atoms with van der Waals surface area (Å²) in [6, 6.07) is 0. The Hall–Kier alpha value is 1.76. The number of hydrogen-bond acceptors (Lipinski definition) is 2. The molecule has 0 fully saturated rings. The van der Waals surface area contributed by atoms with E-state index in [4.69, 9.17) is 0 Å². The molecule has 0 aromatic carbocycles. The summed E-state index contributed by atoms with van der Waals surface area (Å²) >= 11 is -0.362. The SMILES string of the molecule is CCN(CC)CC[CH2][Cd][CH2]CCN(CC)CC.[Cd]. The maximum Gasteiger partial charge on any atom is 0 e. The van der Waals surface area contributed by atoms with Crippen LogP contribution in [-0.4, -0.2) is 49.1 Å². The molecule has 0 aromatic rings. The molecule has 0 aliphatic heterocycles. The minimum Gasteiger partial charge on any atom is 0 e. The summed E-state index contributed by atoms with van der Waals surface area (Å²) in [5.41, 5.74) is 0. The van der Waals surface area contributed by atoms with E-state index in [2.05, 4.69) is 37.5 Å². The van der Waals surface area contributed by atoms with Crippen molar-refractivity contribution in [1.82, 2.24) is 9.80 Å². The second kappa shape index (κ2) is 16.8. The molecule has 18 heavy (non-hydrogen) atoms. The molecule has 0 bridgehead atoms. The Labute approximate surface area is 148 Å². The average molecular weight is 453 g/mol. The Balaban J connectivity index is 0. The van der Waals surface area contributed by atoms with Gasteiger partial charge in [0.25, 0.3) is 0 Å². The average Bonchev–Trinajstić information content (AvgIpc) is 2.37. The van der Waals surface area contributed by atoms with Crippen molar-refractivity contribution in [2.45, 2.75) is 48.5 Å². The van der Waals surface area contributed by atoms with Crippen LogP contribution in [0.15, 0.2) is 0 Å². The minimum atomic E-state index is -0.362. The topological polar surface area (TPSA) is 6.48 Å². The fourth-order valence-electron chi connectivity index (χ4n) is 2.28. The van der Waals surface area contributed by atoms with Crippen LogP contribution in [-0.2, 0) is 51.5 Å². The van der Waals surface area contributed by atoms with Crippen LogP contribution in [0, 0.1) is 0 Å². The minimum absolute atomic E-state index is 0. The molecule has 0 atom stereocenters. The first-order chi connectivity index (χ1) is 8.28. The van der Waals surface area contributed by atoms with Crippen LogP contribution in [0.5, 0.6) is 0 Å². The van der Waals surface area contributed by atoms with Gasteiger partial charge in [-0.05, 0) is 0 Å². The molecule has 0 aliphatic carbocycles. The molecule has 0 rings (SSSR count). The summed E-state index contributed by atoms with van der Waals surface area (Å²) in [7, 11) is 0. The van der Waals surface area contributed by atoms with Gasteiger partial charge in [0.2, 0.25) is 0 Å². The van der Waals surface area contributed by atoms with Gasteiger partial charge in [0.15, 0.2) is 0 Å². The molecular weight excluding hydrogens is 421 g/mol. The summed E-state index contributed by atoms with van der Waals surface area (Å²) in [5, 5.41) is 0. The first-order valence-electron chi connectivity index (χ1n) is 7.73. The molecule has 0 heterocycles. The second-order valence-corrected chi connectivity index (χ2v) is 10.9. The largest absolute Gasteiger partial charge is 0 e. The van der Waals surface area contributed by atoms with Gasteiger partial charge in [-0.25, -0.2) is 0 Å². The summed E-state index contributed by atoms with van der Waals surface area (Å²) in [4.78, 5) is 5.11. The van der Waals surface area contributed by atoms with Crippen LogP contribution in [0.25, 0.3) is 0 Å². The second-order valence-electron chi connectivity index (χ2n) is 4.82. The Kier molecular flexibility index (Phi) is 20.6. The molecule has 0 N–H and O–H groups in total. The molecule has 0 amide bonds. The molecule has 0 unspecified atom stereocenters. The van der Waals surface area contributed by atoms with Crippen molar-refractivity contribution in [2.75, 3.05) is 39.3 Å². The van der Waals surface area contributed by atoms with Crippen LogP contribution in [0.1, 0.15) is 40.5 Å². The number of nitrogens with zero attached hydrogens (tertiary/aromatic N) is 2. The van der Waals surface area contributed by atoms with E-state index >= 15 is 0 Å². The van der Waals surface area contributed by atoms with Crippen LogP contribution < -0.4 is 0 Å². The van der Waals surface area contributed by atoms with Crippen LogP contribution >= 0.6 is 0 Å². The van der Waals surface area contributed by atoms with Crippen molar-refractivity contribution >= 4 is 0 Å². The van der Waals surface area contributed by atoms with Gasteiger partial charge in [-0.15, -0.1) is 0 Å². The maximum atomic E-state index is 2.56. The molecule has 0 saturated heterocycles. The molecule has 102 valence electrons. The first-order valence-corrected chi connectivity index (χ1v) is 13.4. The van der Waals surface area contributed by atoms with E-state index in [1.165, 1.54) is 52.1 Å². The van der Waals surface area contributed by atoms with Crippen molar-refractivity contribution in [1.29, 1.82) is 0 Å². The number of rotatable bonds is 12. The van der Waals surface area contributed by atoms with Gasteiger partial charge in [-0.2, -0.15) is 0 Å². The summed E-state index contributed by atoms with van der Waals surface area (Å²) in [6.45, 7) is 16.7. The Morgan fingerprint density at radius 1 is 0.667 bits per heavy atom. The summed E-state index contributed by atoms with van der Waals surface area (Å²) in [5.74, 6) is 0. The Morgan fingerprint density at radius 3 is 1.28 bits per heavy atom. The molecule has 0 aromatic heterocycles. The Morgan fingerprint density at radius 2 is 1.00 bits per heavy atom. The monoisotopic (exact) mass is 456 g/mol. The van der Waals surface area contributed by atoms with Gasteiger partial charge in [0.05, 0.1) is 0 Å².